The van der Waals surface area contributed by atoms with Gasteiger partial charge in [0.15, 0.2) is 0 Å². The van der Waals surface area contributed by atoms with Gasteiger partial charge in [0.05, 0.1) is 4.90 Å². The first-order valence-electron chi connectivity index (χ1n) is 5.03. The fourth-order valence-corrected chi connectivity index (χ4v) is 1.61. The average molecular weight is 272 g/mol. The summed E-state index contributed by atoms with van der Waals surface area (Å²) in [5.74, 6) is 0. The first kappa shape index (κ1) is 17.4. The Balaban J connectivity index is 0.000000321. The van der Waals surface area contributed by atoms with Crippen molar-refractivity contribution in [1.29, 1.82) is 0 Å². The largest absolute Gasteiger partial charge is 1.00 e. The molecule has 0 unspecified atom stereocenters. The van der Waals surface area contributed by atoms with Crippen LogP contribution in [0.4, 0.5) is 0 Å². The van der Waals surface area contributed by atoms with Crippen LogP contribution in [0, 0.1) is 6.92 Å². The zero-order valence-electron chi connectivity index (χ0n) is 10.4. The minimum atomic E-state index is -4.25. The quantitative estimate of drug-likeness (QED) is 0.524. The van der Waals surface area contributed by atoms with Gasteiger partial charge in [0.2, 0.25) is 0 Å². The van der Waals surface area contributed by atoms with Crippen molar-refractivity contribution in [3.63, 3.8) is 0 Å². The first-order chi connectivity index (χ1) is 8.00. The van der Waals surface area contributed by atoms with Crippen molar-refractivity contribution in [3.8, 4) is 0 Å². The van der Waals surface area contributed by atoms with Crippen LogP contribution < -0.4 is 29.6 Å². The van der Waals surface area contributed by atoms with Crippen LogP contribution in [-0.2, 0) is 10.1 Å². The van der Waals surface area contributed by atoms with E-state index in [9.17, 15) is 13.0 Å². The molecular weight excluding hydrogens is 259 g/mol. The van der Waals surface area contributed by atoms with Gasteiger partial charge in [-0.25, -0.2) is 8.42 Å². The molecular formula is C13H13NaO3S. The van der Waals surface area contributed by atoms with E-state index in [4.69, 9.17) is 0 Å². The fraction of sp³-hybridized carbons (Fsp3) is 0.0769. The van der Waals surface area contributed by atoms with Crippen LogP contribution >= 0.6 is 0 Å². The molecule has 2 rings (SSSR count). The van der Waals surface area contributed by atoms with E-state index >= 15 is 0 Å². The third-order valence-corrected chi connectivity index (χ3v) is 2.82. The van der Waals surface area contributed by atoms with E-state index in [1.54, 1.807) is 6.07 Å². The topological polar surface area (TPSA) is 57.2 Å². The minimum absolute atomic E-state index is 0. The van der Waals surface area contributed by atoms with E-state index in [-0.39, 0.29) is 34.5 Å². The number of aryl methyl sites for hydroxylation is 1. The molecule has 0 spiro atoms. The first-order valence-corrected chi connectivity index (χ1v) is 6.43. The Labute approximate surface area is 130 Å². The standard InChI is InChI=1S/C7H8.C6H6O3S.Na/c1-7-5-3-2-4-6-7;7-10(8,9)6-4-2-1-3-5-6;/h2-6H,1H3;1-5H,(H,7,8,9);/q;;+1/p-1. The summed E-state index contributed by atoms with van der Waals surface area (Å²) in [5, 5.41) is 0. The van der Waals surface area contributed by atoms with Crippen LogP contribution in [0.1, 0.15) is 5.56 Å². The molecule has 0 bridgehead atoms. The van der Waals surface area contributed by atoms with Gasteiger partial charge in [-0.05, 0) is 19.1 Å². The van der Waals surface area contributed by atoms with Gasteiger partial charge in [-0.15, -0.1) is 0 Å². The molecule has 2 aromatic rings. The molecule has 0 N–H and O–H groups in total. The van der Waals surface area contributed by atoms with Crippen molar-refractivity contribution in [3.05, 3.63) is 66.2 Å². The molecule has 0 saturated heterocycles. The van der Waals surface area contributed by atoms with E-state index < -0.39 is 10.1 Å². The Hall–Kier alpha value is -0.650. The predicted octanol–water partition coefficient (Wildman–Crippen LogP) is -0.410. The fourth-order valence-electron chi connectivity index (χ4n) is 1.12. The second-order valence-corrected chi connectivity index (χ2v) is 4.80. The molecule has 0 amide bonds. The smallest absolute Gasteiger partial charge is 0.744 e. The van der Waals surface area contributed by atoms with Crippen molar-refractivity contribution in [2.45, 2.75) is 11.8 Å². The van der Waals surface area contributed by atoms with Gasteiger partial charge in [0.25, 0.3) is 0 Å². The summed E-state index contributed by atoms with van der Waals surface area (Å²) < 4.78 is 30.8. The van der Waals surface area contributed by atoms with Gasteiger partial charge in [0.1, 0.15) is 10.1 Å². The van der Waals surface area contributed by atoms with Crippen LogP contribution in [0.3, 0.4) is 0 Å². The van der Waals surface area contributed by atoms with E-state index in [2.05, 4.69) is 19.1 Å². The normalized spacial score (nSPS) is 9.67. The van der Waals surface area contributed by atoms with Crippen molar-refractivity contribution in [2.75, 3.05) is 0 Å². The molecule has 5 heteroatoms. The van der Waals surface area contributed by atoms with Gasteiger partial charge in [-0.3, -0.25) is 0 Å². The molecule has 0 aliphatic rings. The van der Waals surface area contributed by atoms with Crippen molar-refractivity contribution < 1.29 is 42.5 Å². The summed E-state index contributed by atoms with van der Waals surface area (Å²) in [6.07, 6.45) is 0. The van der Waals surface area contributed by atoms with Gasteiger partial charge >= 0.3 is 29.6 Å². The molecule has 0 heterocycles. The van der Waals surface area contributed by atoms with Gasteiger partial charge in [-0.1, -0.05) is 54.1 Å². The molecule has 90 valence electrons. The number of benzene rings is 2. The molecule has 2 aromatic carbocycles. The third-order valence-electron chi connectivity index (χ3n) is 1.97. The SMILES string of the molecule is Cc1ccccc1.O=S(=O)([O-])c1ccccc1.[Na+]. The Morgan fingerprint density at radius 1 is 0.833 bits per heavy atom. The summed E-state index contributed by atoms with van der Waals surface area (Å²) in [7, 11) is -4.25. The summed E-state index contributed by atoms with van der Waals surface area (Å²) in [5.41, 5.74) is 1.32. The maximum absolute atomic E-state index is 10.3. The summed E-state index contributed by atoms with van der Waals surface area (Å²) in [6, 6.07) is 17.5. The molecule has 0 saturated carbocycles. The third kappa shape index (κ3) is 6.93. The maximum Gasteiger partial charge on any atom is 1.00 e. The molecule has 0 aliphatic carbocycles. The molecule has 0 fully saturated rings. The van der Waals surface area contributed by atoms with Gasteiger partial charge in [-0.2, -0.15) is 0 Å². The summed E-state index contributed by atoms with van der Waals surface area (Å²) >= 11 is 0. The molecule has 0 atom stereocenters. The molecule has 0 radical (unpaired) electrons. The summed E-state index contributed by atoms with van der Waals surface area (Å²) in [4.78, 5) is -0.185. The van der Waals surface area contributed by atoms with E-state index in [1.807, 2.05) is 18.2 Å². The van der Waals surface area contributed by atoms with Crippen LogP contribution in [0.2, 0.25) is 0 Å². The van der Waals surface area contributed by atoms with Crippen molar-refractivity contribution in [2.24, 2.45) is 0 Å². The zero-order chi connectivity index (χ0) is 12.7. The second kappa shape index (κ2) is 8.45. The van der Waals surface area contributed by atoms with Crippen LogP contribution in [0.25, 0.3) is 0 Å². The maximum atomic E-state index is 10.3. The van der Waals surface area contributed by atoms with Crippen molar-refractivity contribution in [1.82, 2.24) is 0 Å². The van der Waals surface area contributed by atoms with Crippen LogP contribution in [0.5, 0.6) is 0 Å². The zero-order valence-corrected chi connectivity index (χ0v) is 13.2. The van der Waals surface area contributed by atoms with E-state index in [1.165, 1.54) is 29.8 Å². The second-order valence-electron chi connectivity index (χ2n) is 3.42. The Kier molecular flexibility index (Phi) is 8.15. The van der Waals surface area contributed by atoms with E-state index in [0.717, 1.165) is 0 Å². The molecule has 0 aromatic heterocycles. The number of hydrogen-bond acceptors (Lipinski definition) is 3. The number of rotatable bonds is 1. The van der Waals surface area contributed by atoms with Gasteiger partial charge < -0.3 is 4.55 Å². The summed E-state index contributed by atoms with van der Waals surface area (Å²) in [6.45, 7) is 2.08. The van der Waals surface area contributed by atoms with Crippen molar-refractivity contribution >= 4 is 10.1 Å². The van der Waals surface area contributed by atoms with Crippen LogP contribution in [0.15, 0.2) is 65.6 Å². The molecule has 3 nitrogen and oxygen atoms in total. The monoisotopic (exact) mass is 272 g/mol. The Morgan fingerprint density at radius 3 is 1.44 bits per heavy atom. The minimum Gasteiger partial charge on any atom is -0.744 e. The Morgan fingerprint density at radius 2 is 1.22 bits per heavy atom. The number of hydrogen-bond donors (Lipinski definition) is 0. The average Bonchev–Trinajstić information content (AvgIpc) is 2.31. The van der Waals surface area contributed by atoms with Gasteiger partial charge in [0, 0.05) is 0 Å². The molecule has 18 heavy (non-hydrogen) atoms. The predicted molar refractivity (Wildman–Crippen MR) is 65.6 cm³/mol. The molecule has 0 aliphatic heterocycles. The van der Waals surface area contributed by atoms with E-state index in [0.29, 0.717) is 0 Å². The Bertz CT molecular complexity index is 539. The van der Waals surface area contributed by atoms with Crippen LogP contribution in [-0.4, -0.2) is 13.0 Å².